The minimum Gasteiger partial charge on any atom is 0 e. The molecule has 0 aliphatic heterocycles. The minimum absolute atomic E-state index is 0. The summed E-state index contributed by atoms with van der Waals surface area (Å²) >= 11 is 0. The molecule has 0 spiro atoms. The van der Waals surface area contributed by atoms with Crippen molar-refractivity contribution in [2.24, 2.45) is 0 Å². The first-order valence-corrected chi connectivity index (χ1v) is 2.41. The van der Waals surface area contributed by atoms with Crippen molar-refractivity contribution >= 4 is 25.8 Å². The Bertz CT molecular complexity index is 138. The molecule has 1 radical (unpaired) electrons. The Kier molecular flexibility index (Phi) is 3.95. The van der Waals surface area contributed by atoms with E-state index in [1.165, 1.54) is 5.46 Å². The molecule has 1 heterocycles. The molecule has 0 N–H and O–H groups in total. The molecule has 0 aliphatic rings. The maximum absolute atomic E-state index is 2.08. The number of aryl methyl sites for hydroxylation is 1. The van der Waals surface area contributed by atoms with E-state index < -0.39 is 0 Å². The average molecular weight is 96.9 g/mol. The maximum atomic E-state index is 2.08. The normalized spacial score (nSPS) is 7.12. The van der Waals surface area contributed by atoms with Gasteiger partial charge in [0.05, 0.1) is 0 Å². The molecule has 0 atom stereocenters. The van der Waals surface area contributed by atoms with Crippen LogP contribution in [0.5, 0.6) is 0 Å². The van der Waals surface area contributed by atoms with Gasteiger partial charge in [-0.3, -0.25) is 0 Å². The number of hydrogen-bond donors (Lipinski definition) is 0. The van der Waals surface area contributed by atoms with Crippen LogP contribution in [0.2, 0.25) is 0 Å². The summed E-state index contributed by atoms with van der Waals surface area (Å²) in [5, 5.41) is 0. The predicted molar refractivity (Wildman–Crippen MR) is 38.3 cm³/mol. The van der Waals surface area contributed by atoms with Gasteiger partial charge >= 0.3 is 43.5 Å². The first-order valence-electron chi connectivity index (χ1n) is 2.41. The third-order valence-corrected chi connectivity index (χ3v) is 0.940. The van der Waals surface area contributed by atoms with Crippen LogP contribution in [0.3, 0.4) is 0 Å². The molecule has 35 valence electrons. The van der Waals surface area contributed by atoms with E-state index in [-0.39, 0.29) is 18.9 Å². The van der Waals surface area contributed by atoms with E-state index >= 15 is 0 Å². The zero-order chi connectivity index (χ0) is 5.11. The van der Waals surface area contributed by atoms with Crippen molar-refractivity contribution in [2.45, 2.75) is 6.92 Å². The van der Waals surface area contributed by atoms with E-state index in [1.807, 2.05) is 18.1 Å². The van der Waals surface area contributed by atoms with E-state index in [0.717, 1.165) is 0 Å². The van der Waals surface area contributed by atoms with E-state index in [4.69, 9.17) is 0 Å². The maximum Gasteiger partial charge on any atom is 0 e. The molecular weight excluding hydrogens is 89.8 g/mol. The molecule has 1 aromatic heterocycles. The summed E-state index contributed by atoms with van der Waals surface area (Å²) in [5.41, 5.74) is 1.32. The van der Waals surface area contributed by atoms with Gasteiger partial charge in [0.25, 0.3) is 0 Å². The van der Waals surface area contributed by atoms with Crippen LogP contribution in [0, 0.1) is 6.92 Å². The molecule has 0 unspecified atom stereocenters. The van der Waals surface area contributed by atoms with Gasteiger partial charge in [0.2, 0.25) is 0 Å². The third-order valence-electron chi connectivity index (χ3n) is 0.940. The van der Waals surface area contributed by atoms with Gasteiger partial charge in [0.1, 0.15) is 0 Å². The van der Waals surface area contributed by atoms with Gasteiger partial charge in [-0.25, -0.2) is 0 Å². The van der Waals surface area contributed by atoms with Crippen molar-refractivity contribution in [1.29, 1.82) is 0 Å². The molecule has 0 saturated heterocycles. The van der Waals surface area contributed by atoms with Crippen LogP contribution in [-0.4, -0.2) is 25.8 Å². The number of rotatable bonds is 0. The smallest absolute Gasteiger partial charge is 0 e. The van der Waals surface area contributed by atoms with Crippen molar-refractivity contribution in [3.63, 3.8) is 0 Å². The fraction of sp³-hybridized carbons (Fsp3) is 0.167. The fourth-order valence-corrected chi connectivity index (χ4v) is 0.534. The Morgan fingerprint density at radius 3 is 2.38 bits per heavy atom. The molecule has 1 aromatic rings. The Morgan fingerprint density at radius 2 is 2.12 bits per heavy atom. The van der Waals surface area contributed by atoms with Crippen LogP contribution < -0.4 is 0 Å². The quantitative estimate of drug-likeness (QED) is 0.422. The Labute approximate surface area is 62.7 Å². The third kappa shape index (κ3) is 2.35. The predicted octanol–water partition coefficient (Wildman–Crippen LogP) is 0.952. The van der Waals surface area contributed by atoms with E-state index in [9.17, 15) is 0 Å². The number of hydrogen-bond acceptors (Lipinski definition) is 0. The summed E-state index contributed by atoms with van der Waals surface area (Å²) in [6.07, 6.45) is 0. The molecule has 0 aliphatic carbocycles. The molecular formula is C6H7BLi. The largest absolute Gasteiger partial charge is 0 e. The van der Waals surface area contributed by atoms with Gasteiger partial charge in [-0.1, -0.05) is 0 Å². The molecule has 2 heteroatoms. The van der Waals surface area contributed by atoms with Crippen LogP contribution in [0.15, 0.2) is 24.2 Å². The van der Waals surface area contributed by atoms with Gasteiger partial charge < -0.3 is 0 Å². The standard InChI is InChI=1S/C6H7B.Li/c1-6-4-2-3-5-7-6;/h2-5H,1H3;. The van der Waals surface area contributed by atoms with Gasteiger partial charge in [0.15, 0.2) is 0 Å². The van der Waals surface area contributed by atoms with E-state index in [0.29, 0.717) is 0 Å². The monoisotopic (exact) mass is 97.1 g/mol. The van der Waals surface area contributed by atoms with Gasteiger partial charge in [-0.05, 0) is 0 Å². The van der Waals surface area contributed by atoms with Crippen LogP contribution >= 0.6 is 0 Å². The molecule has 8 heavy (non-hydrogen) atoms. The average Bonchev–Trinajstić information content (AvgIpc) is 1.69. The molecule has 0 nitrogen and oxygen atoms in total. The molecule has 0 aromatic carbocycles. The Balaban J connectivity index is 0.000000490. The topological polar surface area (TPSA) is 0 Å². The van der Waals surface area contributed by atoms with Gasteiger partial charge in [-0.15, -0.1) is 0 Å². The summed E-state index contributed by atoms with van der Waals surface area (Å²) in [6.45, 7) is 4.17. The minimum atomic E-state index is 0. The molecule has 0 saturated carbocycles. The van der Waals surface area contributed by atoms with Crippen LogP contribution in [0.25, 0.3) is 0 Å². The van der Waals surface area contributed by atoms with Crippen molar-refractivity contribution in [1.82, 2.24) is 0 Å². The second-order valence-corrected chi connectivity index (χ2v) is 1.65. The van der Waals surface area contributed by atoms with Crippen LogP contribution in [0.1, 0.15) is 5.46 Å². The summed E-state index contributed by atoms with van der Waals surface area (Å²) < 4.78 is 0. The van der Waals surface area contributed by atoms with E-state index in [2.05, 4.69) is 19.9 Å². The van der Waals surface area contributed by atoms with Crippen LogP contribution in [0.4, 0.5) is 0 Å². The van der Waals surface area contributed by atoms with Crippen molar-refractivity contribution in [3.05, 3.63) is 29.6 Å². The Morgan fingerprint density at radius 1 is 1.38 bits per heavy atom. The summed E-state index contributed by atoms with van der Waals surface area (Å²) in [6, 6.07) is 6.14. The molecule has 1 rings (SSSR count). The van der Waals surface area contributed by atoms with E-state index in [1.54, 1.807) is 0 Å². The van der Waals surface area contributed by atoms with Crippen molar-refractivity contribution < 1.29 is 0 Å². The van der Waals surface area contributed by atoms with Crippen molar-refractivity contribution in [2.75, 3.05) is 0 Å². The second kappa shape index (κ2) is 3.95. The first-order chi connectivity index (χ1) is 3.39. The SMILES string of the molecule is Cc1bcccc1.[Li]. The molecule has 0 amide bonds. The summed E-state index contributed by atoms with van der Waals surface area (Å²) in [5.74, 6) is 2.04. The van der Waals surface area contributed by atoms with Crippen molar-refractivity contribution in [3.8, 4) is 0 Å². The second-order valence-electron chi connectivity index (χ2n) is 1.65. The molecule has 0 bridgehead atoms. The van der Waals surface area contributed by atoms with Crippen LogP contribution in [-0.2, 0) is 0 Å². The summed E-state index contributed by atoms with van der Waals surface area (Å²) in [7, 11) is 0. The zero-order valence-corrected chi connectivity index (χ0v) is 5.39. The van der Waals surface area contributed by atoms with Gasteiger partial charge in [-0.2, -0.15) is 0 Å². The fourth-order valence-electron chi connectivity index (χ4n) is 0.534. The molecule has 0 fully saturated rings. The van der Waals surface area contributed by atoms with Gasteiger partial charge in [0, 0.05) is 18.9 Å². The first kappa shape index (κ1) is 8.01. The Hall–Kier alpha value is 0.0123. The zero-order valence-electron chi connectivity index (χ0n) is 5.39. The summed E-state index contributed by atoms with van der Waals surface area (Å²) in [4.78, 5) is 0.